The number of alkyl halides is 3. The summed E-state index contributed by atoms with van der Waals surface area (Å²) in [6.45, 7) is -0.758. The predicted molar refractivity (Wildman–Crippen MR) is 110 cm³/mol. The molecular weight excluding hydrogens is 509 g/mol. The molecule has 1 aliphatic heterocycles. The van der Waals surface area contributed by atoms with Gasteiger partial charge < -0.3 is 34.5 Å². The van der Waals surface area contributed by atoms with Crippen LogP contribution in [0.3, 0.4) is 0 Å². The van der Waals surface area contributed by atoms with Crippen LogP contribution in [0.25, 0.3) is 0 Å². The van der Waals surface area contributed by atoms with Crippen molar-refractivity contribution in [3.05, 3.63) is 64.2 Å². The zero-order valence-electron chi connectivity index (χ0n) is 17.1. The normalized spacial score (nSPS) is 28.0. The van der Waals surface area contributed by atoms with E-state index in [9.17, 15) is 47.1 Å². The average molecular weight is 529 g/mol. The second kappa shape index (κ2) is 9.59. The lowest BCUT2D eigenvalue weighted by Gasteiger charge is -2.45. The number of rotatable bonds is 6. The highest BCUT2D eigenvalue weighted by molar-refractivity contribution is 7.88. The van der Waals surface area contributed by atoms with E-state index in [2.05, 4.69) is 4.18 Å². The summed E-state index contributed by atoms with van der Waals surface area (Å²) in [5.41, 5.74) is -4.80. The topological polar surface area (TPSA) is 154 Å². The summed E-state index contributed by atoms with van der Waals surface area (Å²) in [6, 6.07) is 8.62. The van der Waals surface area contributed by atoms with Crippen molar-refractivity contribution in [1.29, 1.82) is 0 Å². The Morgan fingerprint density at radius 2 is 1.68 bits per heavy atom. The molecule has 1 aliphatic rings. The van der Waals surface area contributed by atoms with Gasteiger partial charge in [0.1, 0.15) is 30.2 Å². The maximum absolute atomic E-state index is 12.5. The molecular formula is C20H20ClF3O9S. The van der Waals surface area contributed by atoms with Gasteiger partial charge in [-0.3, -0.25) is 0 Å². The predicted octanol–water partition coefficient (Wildman–Crippen LogP) is 0.778. The third kappa shape index (κ3) is 5.16. The van der Waals surface area contributed by atoms with E-state index in [4.69, 9.17) is 16.3 Å². The van der Waals surface area contributed by atoms with Crippen LogP contribution in [0.5, 0.6) is 5.75 Å². The largest absolute Gasteiger partial charge is 0.534 e. The quantitative estimate of drug-likeness (QED) is 0.270. The Morgan fingerprint density at radius 3 is 2.24 bits per heavy atom. The molecule has 1 heterocycles. The molecule has 34 heavy (non-hydrogen) atoms. The summed E-state index contributed by atoms with van der Waals surface area (Å²) < 4.78 is 68.9. The van der Waals surface area contributed by atoms with Crippen LogP contribution in [0.2, 0.25) is 5.02 Å². The Morgan fingerprint density at radius 1 is 1.06 bits per heavy atom. The first-order valence-electron chi connectivity index (χ1n) is 9.63. The fourth-order valence-electron chi connectivity index (χ4n) is 3.38. The van der Waals surface area contributed by atoms with Gasteiger partial charge in [0.2, 0.25) is 5.79 Å². The van der Waals surface area contributed by atoms with Crippen LogP contribution in [-0.2, 0) is 27.1 Å². The highest BCUT2D eigenvalue weighted by Crippen LogP contribution is 2.38. The minimum atomic E-state index is -5.82. The standard InChI is InChI=1S/C20H20ClF3O9S/c21-14-6-3-12(19(29)18(28)17(27)16(26)15(9-25)32-19)8-11(14)7-10-1-4-13(5-2-10)33-34(30,31)20(22,23)24/h1-6,8,15-18,25-29H,7,9H2/t15-,16-,17+,18-,19+/m1/s1. The van der Waals surface area contributed by atoms with E-state index in [1.54, 1.807) is 0 Å². The highest BCUT2D eigenvalue weighted by Gasteiger charge is 2.53. The molecule has 5 atom stereocenters. The molecule has 188 valence electrons. The lowest BCUT2D eigenvalue weighted by Crippen LogP contribution is -2.63. The molecule has 0 saturated carbocycles. The minimum Gasteiger partial charge on any atom is -0.394 e. The number of halogens is 4. The van der Waals surface area contributed by atoms with E-state index in [1.165, 1.54) is 30.3 Å². The molecule has 5 N–H and O–H groups in total. The van der Waals surface area contributed by atoms with Crippen molar-refractivity contribution in [3.8, 4) is 5.75 Å². The summed E-state index contributed by atoms with van der Waals surface area (Å²) in [4.78, 5) is 0. The molecule has 1 saturated heterocycles. The van der Waals surface area contributed by atoms with E-state index < -0.39 is 58.2 Å². The van der Waals surface area contributed by atoms with Crippen LogP contribution in [0.1, 0.15) is 16.7 Å². The van der Waals surface area contributed by atoms with Crippen LogP contribution in [-0.4, -0.2) is 70.5 Å². The van der Waals surface area contributed by atoms with Crippen molar-refractivity contribution in [2.75, 3.05) is 6.61 Å². The van der Waals surface area contributed by atoms with E-state index in [-0.39, 0.29) is 17.0 Å². The molecule has 0 aliphatic carbocycles. The third-order valence-electron chi connectivity index (χ3n) is 5.23. The number of ether oxygens (including phenoxy) is 1. The molecule has 2 aromatic rings. The van der Waals surface area contributed by atoms with Crippen molar-refractivity contribution >= 4 is 21.7 Å². The molecule has 9 nitrogen and oxygen atoms in total. The van der Waals surface area contributed by atoms with Crippen molar-refractivity contribution < 1.29 is 56.0 Å². The molecule has 0 radical (unpaired) electrons. The first-order valence-corrected chi connectivity index (χ1v) is 11.4. The number of aliphatic hydroxyl groups is 5. The Balaban J connectivity index is 1.85. The summed E-state index contributed by atoms with van der Waals surface area (Å²) in [7, 11) is -5.82. The average Bonchev–Trinajstić information content (AvgIpc) is 2.76. The van der Waals surface area contributed by atoms with Crippen molar-refractivity contribution in [2.45, 2.75) is 42.1 Å². The SMILES string of the molecule is O=S(=O)(Oc1ccc(Cc2cc([C@]3(O)O[C@H](CO)[C@@H](O)[C@H](O)[C@H]3O)ccc2Cl)cc1)C(F)(F)F. The van der Waals surface area contributed by atoms with E-state index in [0.717, 1.165) is 12.1 Å². The second-order valence-electron chi connectivity index (χ2n) is 7.57. The number of aliphatic hydroxyl groups excluding tert-OH is 4. The van der Waals surface area contributed by atoms with E-state index in [0.29, 0.717) is 11.1 Å². The molecule has 0 unspecified atom stereocenters. The Kier molecular flexibility index (Phi) is 7.51. The molecule has 2 aromatic carbocycles. The van der Waals surface area contributed by atoms with Crippen LogP contribution >= 0.6 is 11.6 Å². The molecule has 14 heteroatoms. The van der Waals surface area contributed by atoms with Gasteiger partial charge in [-0.1, -0.05) is 29.8 Å². The molecule has 3 rings (SSSR count). The number of hydrogen-bond acceptors (Lipinski definition) is 9. The molecule has 0 amide bonds. The van der Waals surface area contributed by atoms with Crippen LogP contribution in [0, 0.1) is 0 Å². The van der Waals surface area contributed by atoms with Crippen molar-refractivity contribution in [3.63, 3.8) is 0 Å². The number of benzene rings is 2. The summed E-state index contributed by atoms with van der Waals surface area (Å²) in [5, 5.41) is 50.8. The van der Waals surface area contributed by atoms with Crippen LogP contribution in [0.15, 0.2) is 42.5 Å². The Labute approximate surface area is 196 Å². The van der Waals surface area contributed by atoms with Gasteiger partial charge in [0, 0.05) is 10.6 Å². The third-order valence-corrected chi connectivity index (χ3v) is 6.58. The van der Waals surface area contributed by atoms with E-state index >= 15 is 0 Å². The van der Waals surface area contributed by atoms with Crippen LogP contribution in [0.4, 0.5) is 13.2 Å². The number of hydrogen-bond donors (Lipinski definition) is 5. The first kappa shape index (κ1) is 26.6. The van der Waals surface area contributed by atoms with Crippen molar-refractivity contribution in [1.82, 2.24) is 0 Å². The van der Waals surface area contributed by atoms with Crippen LogP contribution < -0.4 is 4.18 Å². The Bertz CT molecular complexity index is 1130. The summed E-state index contributed by atoms with van der Waals surface area (Å²) >= 11 is 6.20. The summed E-state index contributed by atoms with van der Waals surface area (Å²) in [6.07, 6.45) is -6.82. The lowest BCUT2D eigenvalue weighted by atomic mass is 9.87. The maximum Gasteiger partial charge on any atom is 0.534 e. The molecule has 1 fully saturated rings. The fourth-order valence-corrected chi connectivity index (χ4v) is 4.03. The highest BCUT2D eigenvalue weighted by atomic mass is 35.5. The second-order valence-corrected chi connectivity index (χ2v) is 9.52. The van der Waals surface area contributed by atoms with Gasteiger partial charge in [0.15, 0.2) is 0 Å². The zero-order valence-corrected chi connectivity index (χ0v) is 18.6. The monoisotopic (exact) mass is 528 g/mol. The van der Waals surface area contributed by atoms with Gasteiger partial charge in [-0.05, 0) is 41.8 Å². The first-order chi connectivity index (χ1) is 15.7. The lowest BCUT2D eigenvalue weighted by molar-refractivity contribution is -0.357. The van der Waals surface area contributed by atoms with Gasteiger partial charge >= 0.3 is 15.6 Å². The molecule has 0 aromatic heterocycles. The molecule has 0 bridgehead atoms. The van der Waals surface area contributed by atoms with Gasteiger partial charge in [-0.25, -0.2) is 0 Å². The Hall–Kier alpha value is -1.97. The zero-order chi connectivity index (χ0) is 25.5. The van der Waals surface area contributed by atoms with Gasteiger partial charge in [0.05, 0.1) is 6.61 Å². The van der Waals surface area contributed by atoms with Gasteiger partial charge in [-0.2, -0.15) is 21.6 Å². The summed E-state index contributed by atoms with van der Waals surface area (Å²) in [5.74, 6) is -3.06. The van der Waals surface area contributed by atoms with Crippen molar-refractivity contribution in [2.24, 2.45) is 0 Å². The minimum absolute atomic E-state index is 0.0553. The fraction of sp³-hybridized carbons (Fsp3) is 0.400. The van der Waals surface area contributed by atoms with Gasteiger partial charge in [0.25, 0.3) is 0 Å². The maximum atomic E-state index is 12.5. The molecule has 0 spiro atoms. The van der Waals surface area contributed by atoms with E-state index in [1.807, 2.05) is 0 Å². The smallest absolute Gasteiger partial charge is 0.394 e. The van der Waals surface area contributed by atoms with Gasteiger partial charge in [-0.15, -0.1) is 0 Å².